The Morgan fingerprint density at radius 2 is 1.65 bits per heavy atom. The van der Waals surface area contributed by atoms with E-state index < -0.39 is 0 Å². The quantitative estimate of drug-likeness (QED) is 0.725. The molecule has 0 aliphatic heterocycles. The molecule has 0 saturated carbocycles. The van der Waals surface area contributed by atoms with Crippen molar-refractivity contribution in [3.63, 3.8) is 0 Å². The number of rotatable bonds is 9. The Balaban J connectivity index is 2.97. The monoisotopic (exact) mass is 280 g/mol. The Kier molecular flexibility index (Phi) is 7.04. The summed E-state index contributed by atoms with van der Waals surface area (Å²) < 4.78 is 0. The van der Waals surface area contributed by atoms with Crippen LogP contribution in [0.5, 0.6) is 0 Å². The van der Waals surface area contributed by atoms with Gasteiger partial charge in [0.05, 0.1) is 0 Å². The van der Waals surface area contributed by atoms with Crippen molar-refractivity contribution >= 4 is 17.8 Å². The number of aromatic nitrogens is 3. The minimum atomic E-state index is 0.362. The lowest BCUT2D eigenvalue weighted by Gasteiger charge is -2.20. The lowest BCUT2D eigenvalue weighted by atomic mass is 10.2. The van der Waals surface area contributed by atoms with Gasteiger partial charge in [-0.1, -0.05) is 13.3 Å². The van der Waals surface area contributed by atoms with Gasteiger partial charge in [0, 0.05) is 25.7 Å². The molecule has 0 radical (unpaired) electrons. The van der Waals surface area contributed by atoms with Crippen LogP contribution in [-0.4, -0.2) is 40.6 Å². The van der Waals surface area contributed by atoms with E-state index in [1.165, 1.54) is 0 Å². The number of nitrogens with zero attached hydrogens (tertiary/aromatic N) is 4. The minimum absolute atomic E-state index is 0.362. The third-order valence-electron chi connectivity index (χ3n) is 3.10. The van der Waals surface area contributed by atoms with E-state index in [0.717, 1.165) is 38.4 Å². The first kappa shape index (κ1) is 16.5. The smallest absolute Gasteiger partial charge is 0.231 e. The predicted molar refractivity (Wildman–Crippen MR) is 85.5 cm³/mol. The van der Waals surface area contributed by atoms with Gasteiger partial charge in [-0.05, 0) is 34.1 Å². The Labute approximate surface area is 122 Å². The van der Waals surface area contributed by atoms with Gasteiger partial charge < -0.3 is 15.5 Å². The van der Waals surface area contributed by atoms with Crippen LogP contribution in [0.4, 0.5) is 17.8 Å². The highest BCUT2D eigenvalue weighted by Gasteiger charge is 2.12. The highest BCUT2D eigenvalue weighted by Crippen LogP contribution is 2.14. The van der Waals surface area contributed by atoms with Gasteiger partial charge in [0.25, 0.3) is 0 Å². The molecule has 1 unspecified atom stereocenters. The first-order valence-corrected chi connectivity index (χ1v) is 7.65. The molecule has 0 saturated heterocycles. The van der Waals surface area contributed by atoms with E-state index >= 15 is 0 Å². The van der Waals surface area contributed by atoms with Crippen LogP contribution >= 0.6 is 0 Å². The maximum atomic E-state index is 4.53. The number of nitrogens with one attached hydrogen (secondary N) is 2. The highest BCUT2D eigenvalue weighted by atomic mass is 15.3. The second kappa shape index (κ2) is 8.55. The third-order valence-corrected chi connectivity index (χ3v) is 3.10. The maximum Gasteiger partial charge on any atom is 0.231 e. The van der Waals surface area contributed by atoms with Crippen LogP contribution in [-0.2, 0) is 0 Å². The molecule has 114 valence electrons. The van der Waals surface area contributed by atoms with Gasteiger partial charge in [0.1, 0.15) is 0 Å². The molecule has 20 heavy (non-hydrogen) atoms. The summed E-state index contributed by atoms with van der Waals surface area (Å²) in [6, 6.07) is 0.362. The molecule has 2 N–H and O–H groups in total. The number of anilines is 3. The van der Waals surface area contributed by atoms with Crippen molar-refractivity contribution in [1.82, 2.24) is 15.0 Å². The third kappa shape index (κ3) is 4.83. The van der Waals surface area contributed by atoms with Gasteiger partial charge >= 0.3 is 0 Å². The molecule has 6 heteroatoms. The van der Waals surface area contributed by atoms with Gasteiger partial charge in [-0.25, -0.2) is 0 Å². The van der Waals surface area contributed by atoms with E-state index in [9.17, 15) is 0 Å². The summed E-state index contributed by atoms with van der Waals surface area (Å²) in [5, 5.41) is 6.52. The summed E-state index contributed by atoms with van der Waals surface area (Å²) in [4.78, 5) is 15.6. The molecule has 0 bridgehead atoms. The molecule has 0 aliphatic carbocycles. The molecule has 0 aliphatic rings. The van der Waals surface area contributed by atoms with Gasteiger partial charge in [0.2, 0.25) is 17.8 Å². The minimum Gasteiger partial charge on any atom is -0.354 e. The first-order chi connectivity index (χ1) is 9.64. The van der Waals surface area contributed by atoms with Gasteiger partial charge in [-0.15, -0.1) is 0 Å². The van der Waals surface area contributed by atoms with Crippen molar-refractivity contribution in [3.05, 3.63) is 0 Å². The predicted octanol–water partition coefficient (Wildman–Crippen LogP) is 2.75. The lowest BCUT2D eigenvalue weighted by molar-refractivity contribution is 0.682. The molecule has 1 atom stereocenters. The molecule has 0 amide bonds. The normalized spacial score (nSPS) is 12.1. The van der Waals surface area contributed by atoms with Crippen molar-refractivity contribution < 1.29 is 0 Å². The average Bonchev–Trinajstić information content (AvgIpc) is 2.40. The van der Waals surface area contributed by atoms with Gasteiger partial charge in [-0.2, -0.15) is 15.0 Å². The van der Waals surface area contributed by atoms with Crippen LogP contribution in [0.2, 0.25) is 0 Å². The summed E-state index contributed by atoms with van der Waals surface area (Å²) in [6.07, 6.45) is 2.24. The Hall–Kier alpha value is -1.59. The van der Waals surface area contributed by atoms with Crippen molar-refractivity contribution in [2.24, 2.45) is 0 Å². The van der Waals surface area contributed by atoms with E-state index in [1.807, 2.05) is 6.92 Å². The fraction of sp³-hybridized carbons (Fsp3) is 0.786. The van der Waals surface area contributed by atoms with E-state index in [-0.39, 0.29) is 0 Å². The van der Waals surface area contributed by atoms with Crippen molar-refractivity contribution in [3.8, 4) is 0 Å². The van der Waals surface area contributed by atoms with E-state index in [2.05, 4.69) is 58.2 Å². The zero-order valence-corrected chi connectivity index (χ0v) is 13.4. The molecule has 0 spiro atoms. The highest BCUT2D eigenvalue weighted by molar-refractivity contribution is 5.44. The van der Waals surface area contributed by atoms with Gasteiger partial charge in [-0.3, -0.25) is 0 Å². The van der Waals surface area contributed by atoms with Gasteiger partial charge in [0.15, 0.2) is 0 Å². The second-order valence-electron chi connectivity index (χ2n) is 4.82. The van der Waals surface area contributed by atoms with Crippen LogP contribution in [0.15, 0.2) is 0 Å². The molecule has 1 rings (SSSR count). The average molecular weight is 280 g/mol. The second-order valence-corrected chi connectivity index (χ2v) is 4.82. The fourth-order valence-electron chi connectivity index (χ4n) is 2.04. The molecule has 0 aromatic carbocycles. The maximum absolute atomic E-state index is 4.53. The van der Waals surface area contributed by atoms with E-state index in [1.54, 1.807) is 0 Å². The molecular formula is C14H28N6. The molecule has 1 heterocycles. The van der Waals surface area contributed by atoms with Crippen LogP contribution in [0.1, 0.15) is 47.5 Å². The van der Waals surface area contributed by atoms with Crippen LogP contribution in [0, 0.1) is 0 Å². The van der Waals surface area contributed by atoms with Crippen LogP contribution < -0.4 is 15.5 Å². The van der Waals surface area contributed by atoms with Crippen LogP contribution in [0.25, 0.3) is 0 Å². The molecule has 1 aromatic rings. The van der Waals surface area contributed by atoms with Crippen molar-refractivity contribution in [2.75, 3.05) is 35.2 Å². The topological polar surface area (TPSA) is 66.0 Å². The number of hydrogen-bond donors (Lipinski definition) is 2. The van der Waals surface area contributed by atoms with Crippen molar-refractivity contribution in [2.45, 2.75) is 53.5 Å². The first-order valence-electron chi connectivity index (χ1n) is 7.65. The summed E-state index contributed by atoms with van der Waals surface area (Å²) in [7, 11) is 0. The van der Waals surface area contributed by atoms with Crippen LogP contribution in [0.3, 0.4) is 0 Å². The molecule has 0 fully saturated rings. The fourth-order valence-corrected chi connectivity index (χ4v) is 2.04. The molecule has 1 aromatic heterocycles. The lowest BCUT2D eigenvalue weighted by Crippen LogP contribution is -2.26. The Bertz CT molecular complexity index is 391. The Morgan fingerprint density at radius 1 is 1.00 bits per heavy atom. The SMILES string of the molecule is CCCC(C)Nc1nc(NCC)nc(N(CC)CC)n1. The standard InChI is InChI=1S/C14H28N6/c1-6-10-11(5)16-13-17-12(15-7-2)18-14(19-13)20(8-3)9-4/h11H,6-10H2,1-5H3,(H2,15,16,17,18,19). The summed E-state index contributed by atoms with van der Waals surface area (Å²) in [5.74, 6) is 2.02. The van der Waals surface area contributed by atoms with E-state index in [0.29, 0.717) is 17.9 Å². The molecule has 6 nitrogen and oxygen atoms in total. The summed E-state index contributed by atoms with van der Waals surface area (Å²) >= 11 is 0. The zero-order chi connectivity index (χ0) is 15.0. The number of hydrogen-bond acceptors (Lipinski definition) is 6. The van der Waals surface area contributed by atoms with Crippen molar-refractivity contribution in [1.29, 1.82) is 0 Å². The largest absolute Gasteiger partial charge is 0.354 e. The zero-order valence-electron chi connectivity index (χ0n) is 13.4. The summed E-state index contributed by atoms with van der Waals surface area (Å²) in [5.41, 5.74) is 0. The summed E-state index contributed by atoms with van der Waals surface area (Å²) in [6.45, 7) is 13.1. The molecular weight excluding hydrogens is 252 g/mol. The Morgan fingerprint density at radius 3 is 2.20 bits per heavy atom. The van der Waals surface area contributed by atoms with E-state index in [4.69, 9.17) is 0 Å².